The predicted molar refractivity (Wildman–Crippen MR) is 175 cm³/mol. The van der Waals surface area contributed by atoms with Crippen LogP contribution in [0.1, 0.15) is 188 Å². The molecule has 0 aromatic rings. The number of nitrogens with one attached hydrogen (secondary N) is 1. The van der Waals surface area contributed by atoms with Gasteiger partial charge in [-0.3, -0.25) is 9.59 Å². The van der Waals surface area contributed by atoms with Gasteiger partial charge in [0.25, 0.3) is 0 Å². The Morgan fingerprint density at radius 3 is 1.44 bits per heavy atom. The topological polar surface area (TPSA) is 75.6 Å². The molecule has 0 saturated heterocycles. The highest BCUT2D eigenvalue weighted by molar-refractivity contribution is 5.73. The Kier molecular flexibility index (Phi) is 30.5. The van der Waals surface area contributed by atoms with Gasteiger partial charge in [0, 0.05) is 13.3 Å². The Morgan fingerprint density at radius 2 is 1.02 bits per heavy atom. The Labute approximate surface area is 255 Å². The number of carbonyl (C=O) groups excluding carboxylic acids is 2. The SMILES string of the molecule is CCCCCCCCCCCCC/C=C/[C@@H](O)[C@H](COC(=O)CCCCCCCCCCCCCCC)NC(C)=O. The van der Waals surface area contributed by atoms with E-state index >= 15 is 0 Å². The second-order valence-electron chi connectivity index (χ2n) is 12.2. The van der Waals surface area contributed by atoms with Crippen LogP contribution in [0.2, 0.25) is 0 Å². The highest BCUT2D eigenvalue weighted by atomic mass is 16.5. The zero-order chi connectivity index (χ0) is 30.2. The monoisotopic (exact) mass is 580 g/mol. The van der Waals surface area contributed by atoms with E-state index in [2.05, 4.69) is 19.2 Å². The normalized spacial score (nSPS) is 13.0. The molecule has 1 amide bonds. The molecule has 41 heavy (non-hydrogen) atoms. The first kappa shape index (κ1) is 39.6. The third-order valence-electron chi connectivity index (χ3n) is 8.02. The van der Waals surface area contributed by atoms with E-state index in [0.717, 1.165) is 25.7 Å². The van der Waals surface area contributed by atoms with Gasteiger partial charge >= 0.3 is 5.97 Å². The number of hydrogen-bond acceptors (Lipinski definition) is 4. The minimum absolute atomic E-state index is 0.000802. The summed E-state index contributed by atoms with van der Waals surface area (Å²) < 4.78 is 5.40. The molecule has 0 fully saturated rings. The third kappa shape index (κ3) is 29.9. The molecule has 0 bridgehead atoms. The molecular weight excluding hydrogens is 510 g/mol. The van der Waals surface area contributed by atoms with Crippen molar-refractivity contribution < 1.29 is 19.4 Å². The summed E-state index contributed by atoms with van der Waals surface area (Å²) in [5.41, 5.74) is 0. The average Bonchev–Trinajstić information content (AvgIpc) is 2.95. The Balaban J connectivity index is 3.85. The Bertz CT molecular complexity index is 606. The molecule has 0 radical (unpaired) electrons. The third-order valence-corrected chi connectivity index (χ3v) is 8.02. The summed E-state index contributed by atoms with van der Waals surface area (Å²) in [4.78, 5) is 23.8. The summed E-state index contributed by atoms with van der Waals surface area (Å²) in [6.45, 7) is 5.94. The number of unbranched alkanes of at least 4 members (excludes halogenated alkanes) is 23. The molecule has 0 aromatic carbocycles. The van der Waals surface area contributed by atoms with Crippen molar-refractivity contribution >= 4 is 11.9 Å². The van der Waals surface area contributed by atoms with Crippen LogP contribution in [0.15, 0.2) is 12.2 Å². The van der Waals surface area contributed by atoms with Crippen LogP contribution < -0.4 is 5.32 Å². The first-order valence-corrected chi connectivity index (χ1v) is 17.8. The summed E-state index contributed by atoms with van der Waals surface area (Å²) in [5, 5.41) is 13.3. The number of amides is 1. The summed E-state index contributed by atoms with van der Waals surface area (Å²) in [7, 11) is 0. The molecule has 0 aliphatic rings. The minimum atomic E-state index is -0.865. The molecular formula is C36H69NO4. The molecule has 0 rings (SSSR count). The van der Waals surface area contributed by atoms with Gasteiger partial charge in [0.2, 0.25) is 5.91 Å². The lowest BCUT2D eigenvalue weighted by atomic mass is 10.0. The highest BCUT2D eigenvalue weighted by Crippen LogP contribution is 2.14. The fraction of sp³-hybridized carbons (Fsp3) is 0.889. The molecule has 0 heterocycles. The molecule has 0 aliphatic heterocycles. The average molecular weight is 580 g/mol. The van der Waals surface area contributed by atoms with Gasteiger partial charge in [-0.2, -0.15) is 0 Å². The van der Waals surface area contributed by atoms with Gasteiger partial charge in [-0.25, -0.2) is 0 Å². The molecule has 2 N–H and O–H groups in total. The summed E-state index contributed by atoms with van der Waals surface area (Å²) in [5.74, 6) is -0.485. The lowest BCUT2D eigenvalue weighted by molar-refractivity contribution is -0.145. The van der Waals surface area contributed by atoms with Crippen LogP contribution in [-0.4, -0.2) is 35.7 Å². The lowest BCUT2D eigenvalue weighted by Crippen LogP contribution is -2.45. The summed E-state index contributed by atoms with van der Waals surface area (Å²) in [6, 6.07) is -0.614. The largest absolute Gasteiger partial charge is 0.463 e. The molecule has 5 nitrogen and oxygen atoms in total. The summed E-state index contributed by atoms with van der Waals surface area (Å²) >= 11 is 0. The maximum Gasteiger partial charge on any atom is 0.305 e. The van der Waals surface area contributed by atoms with Gasteiger partial charge in [0.1, 0.15) is 6.61 Å². The van der Waals surface area contributed by atoms with Crippen molar-refractivity contribution in [3.63, 3.8) is 0 Å². The quantitative estimate of drug-likeness (QED) is 0.0487. The van der Waals surface area contributed by atoms with Crippen LogP contribution in [0.25, 0.3) is 0 Å². The van der Waals surface area contributed by atoms with Crippen LogP contribution in [0.3, 0.4) is 0 Å². The van der Waals surface area contributed by atoms with Crippen molar-refractivity contribution in [1.29, 1.82) is 0 Å². The van der Waals surface area contributed by atoms with Crippen molar-refractivity contribution in [2.45, 2.75) is 200 Å². The highest BCUT2D eigenvalue weighted by Gasteiger charge is 2.20. The number of carbonyl (C=O) groups is 2. The first-order chi connectivity index (χ1) is 20.0. The molecule has 0 spiro atoms. The first-order valence-electron chi connectivity index (χ1n) is 17.8. The van der Waals surface area contributed by atoms with E-state index in [-0.39, 0.29) is 18.5 Å². The Morgan fingerprint density at radius 1 is 0.634 bits per heavy atom. The minimum Gasteiger partial charge on any atom is -0.463 e. The van der Waals surface area contributed by atoms with Crippen LogP contribution in [0, 0.1) is 0 Å². The molecule has 0 aliphatic carbocycles. The van der Waals surface area contributed by atoms with E-state index in [0.29, 0.717) is 6.42 Å². The lowest BCUT2D eigenvalue weighted by Gasteiger charge is -2.21. The van der Waals surface area contributed by atoms with E-state index in [1.54, 1.807) is 6.08 Å². The maximum absolute atomic E-state index is 12.2. The molecule has 0 aromatic heterocycles. The maximum atomic E-state index is 12.2. The van der Waals surface area contributed by atoms with Crippen molar-refractivity contribution in [2.75, 3.05) is 6.61 Å². The van der Waals surface area contributed by atoms with E-state index in [1.165, 1.54) is 142 Å². The molecule has 0 unspecified atom stereocenters. The molecule has 2 atom stereocenters. The van der Waals surface area contributed by atoms with Crippen molar-refractivity contribution in [2.24, 2.45) is 0 Å². The van der Waals surface area contributed by atoms with Gasteiger partial charge < -0.3 is 15.2 Å². The number of aliphatic hydroxyl groups excluding tert-OH is 1. The number of aliphatic hydroxyl groups is 1. The van der Waals surface area contributed by atoms with Crippen molar-refractivity contribution in [3.8, 4) is 0 Å². The van der Waals surface area contributed by atoms with Crippen LogP contribution in [0.5, 0.6) is 0 Å². The zero-order valence-corrected chi connectivity index (χ0v) is 27.6. The fourth-order valence-corrected chi connectivity index (χ4v) is 5.32. The van der Waals surface area contributed by atoms with Gasteiger partial charge in [-0.05, 0) is 19.3 Å². The summed E-state index contributed by atoms with van der Waals surface area (Å²) in [6.07, 6.45) is 35.1. The standard InChI is InChI=1S/C36H69NO4/c1-4-6-8-10-12-14-16-18-20-22-24-26-28-30-35(39)34(37-33(3)38)32-41-36(40)31-29-27-25-23-21-19-17-15-13-11-9-7-5-2/h28,30,34-35,39H,4-27,29,31-32H2,1-3H3,(H,37,38)/b30-28+/t34-,35+/m0/s1. The second kappa shape index (κ2) is 31.6. The van der Waals surface area contributed by atoms with Gasteiger partial charge in [0.05, 0.1) is 12.1 Å². The van der Waals surface area contributed by atoms with Crippen molar-refractivity contribution in [3.05, 3.63) is 12.2 Å². The van der Waals surface area contributed by atoms with Gasteiger partial charge in [-0.1, -0.05) is 167 Å². The van der Waals surface area contributed by atoms with E-state index in [4.69, 9.17) is 4.74 Å². The second-order valence-corrected chi connectivity index (χ2v) is 12.2. The number of rotatable bonds is 31. The zero-order valence-electron chi connectivity index (χ0n) is 27.6. The van der Waals surface area contributed by atoms with Crippen LogP contribution in [-0.2, 0) is 14.3 Å². The molecule has 242 valence electrons. The predicted octanol–water partition coefficient (Wildman–Crippen LogP) is 10.1. The number of allylic oxidation sites excluding steroid dienone is 1. The molecule has 0 saturated carbocycles. The number of hydrogen-bond donors (Lipinski definition) is 2. The van der Waals surface area contributed by atoms with Crippen LogP contribution >= 0.6 is 0 Å². The Hall–Kier alpha value is -1.36. The van der Waals surface area contributed by atoms with E-state index < -0.39 is 12.1 Å². The smallest absolute Gasteiger partial charge is 0.305 e. The number of ether oxygens (including phenoxy) is 1. The fourth-order valence-electron chi connectivity index (χ4n) is 5.32. The van der Waals surface area contributed by atoms with Gasteiger partial charge in [-0.15, -0.1) is 0 Å². The van der Waals surface area contributed by atoms with Crippen molar-refractivity contribution in [1.82, 2.24) is 5.32 Å². The van der Waals surface area contributed by atoms with E-state index in [9.17, 15) is 14.7 Å². The van der Waals surface area contributed by atoms with Gasteiger partial charge in [0.15, 0.2) is 0 Å². The van der Waals surface area contributed by atoms with Crippen LogP contribution in [0.4, 0.5) is 0 Å². The number of esters is 1. The van der Waals surface area contributed by atoms with E-state index in [1.807, 2.05) is 6.08 Å². The molecule has 5 heteroatoms.